The Labute approximate surface area is 127 Å². The molecule has 124 valence electrons. The average molecular weight is 305 g/mol. The van der Waals surface area contributed by atoms with E-state index in [4.69, 9.17) is 0 Å². The third kappa shape index (κ3) is 6.86. The summed E-state index contributed by atoms with van der Waals surface area (Å²) in [7, 11) is 0. The number of hydrogen-bond acceptors (Lipinski definition) is 1. The minimum atomic E-state index is -4.00. The zero-order chi connectivity index (χ0) is 15.7. The average Bonchev–Trinajstić information content (AvgIpc) is 2.45. The summed E-state index contributed by atoms with van der Waals surface area (Å²) in [5, 5.41) is 3.50. The molecule has 0 spiro atoms. The van der Waals surface area contributed by atoms with E-state index in [1.54, 1.807) is 0 Å². The minimum absolute atomic E-state index is 0.312. The highest BCUT2D eigenvalue weighted by molar-refractivity contribution is 4.84. The summed E-state index contributed by atoms with van der Waals surface area (Å²) in [6.45, 7) is 6.69. The third-order valence-corrected chi connectivity index (χ3v) is 4.69. The van der Waals surface area contributed by atoms with E-state index in [0.29, 0.717) is 37.6 Å². The van der Waals surface area contributed by atoms with E-state index in [1.807, 2.05) is 6.08 Å². The van der Waals surface area contributed by atoms with Gasteiger partial charge in [0.15, 0.2) is 0 Å². The molecule has 0 bridgehead atoms. The second kappa shape index (κ2) is 9.50. The van der Waals surface area contributed by atoms with Crippen LogP contribution in [0.5, 0.6) is 0 Å². The normalized spacial score (nSPS) is 24.8. The van der Waals surface area contributed by atoms with Gasteiger partial charge in [0.1, 0.15) is 0 Å². The van der Waals surface area contributed by atoms with E-state index in [-0.39, 0.29) is 0 Å². The fourth-order valence-electron chi connectivity index (χ4n) is 3.45. The summed E-state index contributed by atoms with van der Waals surface area (Å²) in [5.41, 5.74) is 0. The van der Waals surface area contributed by atoms with E-state index in [2.05, 4.69) is 18.8 Å². The lowest BCUT2D eigenvalue weighted by atomic mass is 9.77. The smallest absolute Gasteiger partial charge is 0.314 e. The van der Waals surface area contributed by atoms with Gasteiger partial charge in [-0.2, -0.15) is 13.2 Å². The highest BCUT2D eigenvalue weighted by atomic mass is 19.4. The third-order valence-electron chi connectivity index (χ3n) is 4.69. The van der Waals surface area contributed by atoms with Crippen LogP contribution in [0.1, 0.15) is 64.7 Å². The summed E-state index contributed by atoms with van der Waals surface area (Å²) < 4.78 is 38.1. The van der Waals surface area contributed by atoms with Crippen molar-refractivity contribution in [3.8, 4) is 0 Å². The van der Waals surface area contributed by atoms with E-state index >= 15 is 0 Å². The Kier molecular flexibility index (Phi) is 8.38. The lowest BCUT2D eigenvalue weighted by Crippen LogP contribution is -2.39. The molecule has 1 saturated carbocycles. The molecule has 0 aliphatic heterocycles. The first-order valence-corrected chi connectivity index (χ1v) is 8.40. The highest BCUT2D eigenvalue weighted by Crippen LogP contribution is 2.40. The second-order valence-electron chi connectivity index (χ2n) is 6.24. The van der Waals surface area contributed by atoms with Crippen LogP contribution in [0.2, 0.25) is 0 Å². The van der Waals surface area contributed by atoms with E-state index in [0.717, 1.165) is 25.8 Å². The Morgan fingerprint density at radius 1 is 1.14 bits per heavy atom. The minimum Gasteiger partial charge on any atom is -0.314 e. The van der Waals surface area contributed by atoms with Crippen molar-refractivity contribution in [3.63, 3.8) is 0 Å². The summed E-state index contributed by atoms with van der Waals surface area (Å²) in [6, 6.07) is 0.396. The Balaban J connectivity index is 2.34. The van der Waals surface area contributed by atoms with Gasteiger partial charge in [-0.05, 0) is 57.4 Å². The van der Waals surface area contributed by atoms with E-state index < -0.39 is 12.1 Å². The molecule has 1 aliphatic carbocycles. The van der Waals surface area contributed by atoms with Gasteiger partial charge < -0.3 is 5.32 Å². The number of halogens is 3. The summed E-state index contributed by atoms with van der Waals surface area (Å²) >= 11 is 0. The maximum Gasteiger partial charge on any atom is 0.391 e. The summed E-state index contributed by atoms with van der Waals surface area (Å²) in [4.78, 5) is 0. The molecule has 0 saturated heterocycles. The van der Waals surface area contributed by atoms with Gasteiger partial charge in [-0.25, -0.2) is 0 Å². The molecule has 0 heterocycles. The van der Waals surface area contributed by atoms with Gasteiger partial charge in [0, 0.05) is 6.04 Å². The molecule has 1 atom stereocenters. The Hall–Kier alpha value is -0.510. The van der Waals surface area contributed by atoms with Crippen LogP contribution in [0.15, 0.2) is 12.7 Å². The molecule has 4 heteroatoms. The maximum absolute atomic E-state index is 12.7. The zero-order valence-corrected chi connectivity index (χ0v) is 13.2. The first-order valence-electron chi connectivity index (χ1n) is 8.40. The van der Waals surface area contributed by atoms with Crippen molar-refractivity contribution >= 4 is 0 Å². The van der Waals surface area contributed by atoms with E-state index in [1.165, 1.54) is 12.8 Å². The number of nitrogens with one attached hydrogen (secondary N) is 1. The fourth-order valence-corrected chi connectivity index (χ4v) is 3.45. The Morgan fingerprint density at radius 2 is 1.81 bits per heavy atom. The molecule has 0 aromatic heterocycles. The van der Waals surface area contributed by atoms with Gasteiger partial charge in [0.05, 0.1) is 5.92 Å². The molecular formula is C17H30F3N. The van der Waals surface area contributed by atoms with Crippen LogP contribution in [0, 0.1) is 11.8 Å². The van der Waals surface area contributed by atoms with Gasteiger partial charge in [0.25, 0.3) is 0 Å². The standard InChI is InChI=1S/C17H30F3N/c1-3-5-6-7-8-9-16(21-4-2)14-10-12-15(13-11-14)17(18,19)20/h3,14-16,21H,1,4-13H2,2H3. The van der Waals surface area contributed by atoms with Crippen molar-refractivity contribution in [2.24, 2.45) is 11.8 Å². The van der Waals surface area contributed by atoms with E-state index in [9.17, 15) is 13.2 Å². The maximum atomic E-state index is 12.7. The molecule has 0 amide bonds. The number of alkyl halides is 3. The number of rotatable bonds is 9. The Morgan fingerprint density at radius 3 is 2.33 bits per heavy atom. The van der Waals surface area contributed by atoms with Crippen molar-refractivity contribution in [3.05, 3.63) is 12.7 Å². The topological polar surface area (TPSA) is 12.0 Å². The zero-order valence-electron chi connectivity index (χ0n) is 13.2. The second-order valence-corrected chi connectivity index (χ2v) is 6.24. The SMILES string of the molecule is C=CCCCCCC(NCC)C1CCC(C(F)(F)F)CC1. The van der Waals surface area contributed by atoms with Gasteiger partial charge in [-0.15, -0.1) is 6.58 Å². The van der Waals surface area contributed by atoms with Crippen LogP contribution in [-0.4, -0.2) is 18.8 Å². The van der Waals surface area contributed by atoms with Crippen molar-refractivity contribution in [1.29, 1.82) is 0 Å². The quantitative estimate of drug-likeness (QED) is 0.440. The molecular weight excluding hydrogens is 275 g/mol. The first kappa shape index (κ1) is 18.5. The summed E-state index contributed by atoms with van der Waals surface area (Å²) in [6.07, 6.45) is 5.67. The van der Waals surface area contributed by atoms with Crippen LogP contribution < -0.4 is 5.32 Å². The van der Waals surface area contributed by atoms with Crippen molar-refractivity contribution in [2.45, 2.75) is 76.9 Å². The molecule has 0 aromatic carbocycles. The molecule has 1 nitrogen and oxygen atoms in total. The number of hydrogen-bond donors (Lipinski definition) is 1. The fraction of sp³-hybridized carbons (Fsp3) is 0.882. The number of allylic oxidation sites excluding steroid dienone is 1. The van der Waals surface area contributed by atoms with Gasteiger partial charge >= 0.3 is 6.18 Å². The molecule has 1 aliphatic rings. The van der Waals surface area contributed by atoms with Gasteiger partial charge in [-0.3, -0.25) is 0 Å². The van der Waals surface area contributed by atoms with Crippen molar-refractivity contribution < 1.29 is 13.2 Å². The predicted octanol–water partition coefficient (Wildman–Crippen LogP) is 5.47. The lowest BCUT2D eigenvalue weighted by molar-refractivity contribution is -0.184. The largest absolute Gasteiger partial charge is 0.391 e. The van der Waals surface area contributed by atoms with Crippen LogP contribution >= 0.6 is 0 Å². The molecule has 1 rings (SSSR count). The van der Waals surface area contributed by atoms with Crippen LogP contribution in [0.25, 0.3) is 0 Å². The van der Waals surface area contributed by atoms with Crippen LogP contribution in [0.4, 0.5) is 13.2 Å². The summed E-state index contributed by atoms with van der Waals surface area (Å²) in [5.74, 6) is -0.647. The molecule has 0 radical (unpaired) electrons. The number of unbranched alkanes of at least 4 members (excludes halogenated alkanes) is 3. The highest BCUT2D eigenvalue weighted by Gasteiger charge is 2.42. The monoisotopic (exact) mass is 305 g/mol. The predicted molar refractivity (Wildman–Crippen MR) is 82.2 cm³/mol. The Bertz CT molecular complexity index is 280. The lowest BCUT2D eigenvalue weighted by Gasteiger charge is -2.35. The van der Waals surface area contributed by atoms with Crippen molar-refractivity contribution in [2.75, 3.05) is 6.54 Å². The molecule has 1 N–H and O–H groups in total. The molecule has 21 heavy (non-hydrogen) atoms. The van der Waals surface area contributed by atoms with Crippen LogP contribution in [0.3, 0.4) is 0 Å². The molecule has 0 aromatic rings. The van der Waals surface area contributed by atoms with Crippen LogP contribution in [-0.2, 0) is 0 Å². The van der Waals surface area contributed by atoms with Gasteiger partial charge in [-0.1, -0.05) is 25.8 Å². The molecule has 1 unspecified atom stereocenters. The van der Waals surface area contributed by atoms with Gasteiger partial charge in [0.2, 0.25) is 0 Å². The molecule has 1 fully saturated rings. The first-order chi connectivity index (χ1) is 9.99. The van der Waals surface area contributed by atoms with Crippen molar-refractivity contribution in [1.82, 2.24) is 5.32 Å².